The molecule has 0 aliphatic rings. The standard InChI is InChI=1S/C25H22FNO3S/c1-3-30-25(29)22-12-18-11-17(6-8-21(18)27-22)19-13-24(31-14-19)23(28)9-5-16-4-7-20(26)15(2)10-16/h4,6-8,10-14,27H,3,5,9H2,1-2H3. The first-order valence-corrected chi connectivity index (χ1v) is 11.0. The maximum absolute atomic E-state index is 13.4. The van der Waals surface area contributed by atoms with Crippen LogP contribution in [0.5, 0.6) is 0 Å². The normalized spacial score (nSPS) is 11.1. The van der Waals surface area contributed by atoms with E-state index in [0.717, 1.165) is 27.6 Å². The van der Waals surface area contributed by atoms with Crippen LogP contribution >= 0.6 is 11.3 Å². The van der Waals surface area contributed by atoms with E-state index in [1.165, 1.54) is 17.4 Å². The van der Waals surface area contributed by atoms with Gasteiger partial charge in [-0.2, -0.15) is 0 Å². The number of aryl methyl sites for hydroxylation is 2. The highest BCUT2D eigenvalue weighted by Gasteiger charge is 2.13. The van der Waals surface area contributed by atoms with Crippen molar-refractivity contribution in [1.82, 2.24) is 4.98 Å². The summed E-state index contributed by atoms with van der Waals surface area (Å²) in [6.07, 6.45) is 0.962. The first-order valence-electron chi connectivity index (χ1n) is 10.1. The molecule has 4 aromatic rings. The third-order valence-corrected chi connectivity index (χ3v) is 6.16. The number of benzene rings is 2. The van der Waals surface area contributed by atoms with Crippen molar-refractivity contribution >= 4 is 34.0 Å². The van der Waals surface area contributed by atoms with Gasteiger partial charge < -0.3 is 9.72 Å². The predicted octanol–water partition coefficient (Wildman–Crippen LogP) is 6.34. The van der Waals surface area contributed by atoms with E-state index in [1.807, 2.05) is 29.6 Å². The molecule has 31 heavy (non-hydrogen) atoms. The monoisotopic (exact) mass is 435 g/mol. The van der Waals surface area contributed by atoms with Gasteiger partial charge in [-0.1, -0.05) is 18.2 Å². The van der Waals surface area contributed by atoms with Gasteiger partial charge in [0, 0.05) is 17.3 Å². The summed E-state index contributed by atoms with van der Waals surface area (Å²) in [5.74, 6) is -0.530. The van der Waals surface area contributed by atoms with Gasteiger partial charge in [0.2, 0.25) is 0 Å². The number of ether oxygens (including phenoxy) is 1. The highest BCUT2D eigenvalue weighted by molar-refractivity contribution is 7.12. The molecular weight excluding hydrogens is 413 g/mol. The van der Waals surface area contributed by atoms with Gasteiger partial charge in [0.15, 0.2) is 5.78 Å². The highest BCUT2D eigenvalue weighted by Crippen LogP contribution is 2.30. The second-order valence-electron chi connectivity index (χ2n) is 7.41. The van der Waals surface area contributed by atoms with Crippen LogP contribution in [-0.4, -0.2) is 23.3 Å². The summed E-state index contributed by atoms with van der Waals surface area (Å²) in [7, 11) is 0. The molecule has 0 radical (unpaired) electrons. The van der Waals surface area contributed by atoms with Gasteiger partial charge in [-0.25, -0.2) is 9.18 Å². The fourth-order valence-corrected chi connectivity index (χ4v) is 4.39. The summed E-state index contributed by atoms with van der Waals surface area (Å²) in [5, 5.41) is 2.88. The van der Waals surface area contributed by atoms with Gasteiger partial charge in [-0.15, -0.1) is 11.3 Å². The molecule has 0 aliphatic heterocycles. The Balaban J connectivity index is 1.48. The maximum atomic E-state index is 13.4. The molecular formula is C25H22FNO3S. The van der Waals surface area contributed by atoms with Crippen LogP contribution < -0.4 is 0 Å². The van der Waals surface area contributed by atoms with E-state index in [4.69, 9.17) is 4.74 Å². The molecule has 2 aromatic carbocycles. The third kappa shape index (κ3) is 4.59. The fourth-order valence-electron chi connectivity index (χ4n) is 3.51. The number of nitrogens with one attached hydrogen (secondary N) is 1. The van der Waals surface area contributed by atoms with Crippen molar-refractivity contribution in [3.05, 3.63) is 81.4 Å². The molecule has 2 aromatic heterocycles. The molecule has 0 atom stereocenters. The molecule has 0 amide bonds. The molecule has 0 bridgehead atoms. The topological polar surface area (TPSA) is 59.2 Å². The minimum atomic E-state index is -0.375. The Morgan fingerprint density at radius 3 is 2.68 bits per heavy atom. The molecule has 0 saturated heterocycles. The number of rotatable bonds is 7. The quantitative estimate of drug-likeness (QED) is 0.272. The molecule has 0 spiro atoms. The van der Waals surface area contributed by atoms with Gasteiger partial charge in [0.05, 0.1) is 11.5 Å². The third-order valence-electron chi connectivity index (χ3n) is 5.19. The van der Waals surface area contributed by atoms with Crippen molar-refractivity contribution in [2.75, 3.05) is 6.61 Å². The Morgan fingerprint density at radius 2 is 1.90 bits per heavy atom. The van der Waals surface area contributed by atoms with E-state index >= 15 is 0 Å². The molecule has 0 fully saturated rings. The van der Waals surface area contributed by atoms with Crippen LogP contribution in [0, 0.1) is 12.7 Å². The first-order chi connectivity index (χ1) is 14.9. The van der Waals surface area contributed by atoms with E-state index < -0.39 is 0 Å². The van der Waals surface area contributed by atoms with Crippen molar-refractivity contribution in [3.8, 4) is 11.1 Å². The van der Waals surface area contributed by atoms with Crippen molar-refractivity contribution < 1.29 is 18.7 Å². The van der Waals surface area contributed by atoms with Gasteiger partial charge in [-0.05, 0) is 78.2 Å². The van der Waals surface area contributed by atoms with Crippen LogP contribution in [0.3, 0.4) is 0 Å². The molecule has 0 aliphatic carbocycles. The predicted molar refractivity (Wildman–Crippen MR) is 121 cm³/mol. The van der Waals surface area contributed by atoms with Crippen molar-refractivity contribution in [2.45, 2.75) is 26.7 Å². The second-order valence-corrected chi connectivity index (χ2v) is 8.32. The summed E-state index contributed by atoms with van der Waals surface area (Å²) < 4.78 is 18.5. The van der Waals surface area contributed by atoms with Gasteiger partial charge >= 0.3 is 5.97 Å². The number of aromatic nitrogens is 1. The maximum Gasteiger partial charge on any atom is 0.354 e. The van der Waals surface area contributed by atoms with E-state index in [-0.39, 0.29) is 17.6 Å². The number of Topliss-reactive ketones (excluding diaryl/α,β-unsaturated/α-hetero) is 1. The molecule has 6 heteroatoms. The smallest absolute Gasteiger partial charge is 0.354 e. The number of ketones is 1. The molecule has 4 nitrogen and oxygen atoms in total. The van der Waals surface area contributed by atoms with E-state index in [1.54, 1.807) is 32.0 Å². The Bertz CT molecular complexity index is 1270. The van der Waals surface area contributed by atoms with Crippen LogP contribution in [0.2, 0.25) is 0 Å². The summed E-state index contributed by atoms with van der Waals surface area (Å²) in [6.45, 7) is 3.82. The lowest BCUT2D eigenvalue weighted by Crippen LogP contribution is -2.04. The van der Waals surface area contributed by atoms with Crippen molar-refractivity contribution in [2.24, 2.45) is 0 Å². The minimum absolute atomic E-state index is 0.0746. The Hall–Kier alpha value is -3.25. The molecule has 158 valence electrons. The molecule has 2 heterocycles. The summed E-state index contributed by atoms with van der Waals surface area (Å²) in [6, 6.07) is 14.5. The minimum Gasteiger partial charge on any atom is -0.461 e. The zero-order valence-electron chi connectivity index (χ0n) is 17.3. The Kier molecular flexibility index (Phi) is 6.00. The Morgan fingerprint density at radius 1 is 1.06 bits per heavy atom. The van der Waals surface area contributed by atoms with Crippen molar-refractivity contribution in [1.29, 1.82) is 0 Å². The average molecular weight is 436 g/mol. The number of hydrogen-bond acceptors (Lipinski definition) is 4. The van der Waals surface area contributed by atoms with Crippen molar-refractivity contribution in [3.63, 3.8) is 0 Å². The number of fused-ring (bicyclic) bond motifs is 1. The Labute approximate surface area is 183 Å². The molecule has 0 saturated carbocycles. The van der Waals surface area contributed by atoms with E-state index in [0.29, 0.717) is 35.6 Å². The fraction of sp³-hybridized carbons (Fsp3) is 0.200. The second kappa shape index (κ2) is 8.86. The van der Waals surface area contributed by atoms with Gasteiger partial charge in [0.1, 0.15) is 11.5 Å². The number of H-pyrrole nitrogens is 1. The number of thiophene rings is 1. The summed E-state index contributed by atoms with van der Waals surface area (Å²) in [4.78, 5) is 28.4. The highest BCUT2D eigenvalue weighted by atomic mass is 32.1. The number of esters is 1. The van der Waals surface area contributed by atoms with Gasteiger partial charge in [0.25, 0.3) is 0 Å². The molecule has 4 rings (SSSR count). The molecule has 1 N–H and O–H groups in total. The van der Waals surface area contributed by atoms with Crippen LogP contribution in [-0.2, 0) is 11.2 Å². The zero-order chi connectivity index (χ0) is 22.0. The number of carbonyl (C=O) groups is 2. The average Bonchev–Trinajstić information content (AvgIpc) is 3.41. The lowest BCUT2D eigenvalue weighted by atomic mass is 10.0. The largest absolute Gasteiger partial charge is 0.461 e. The zero-order valence-corrected chi connectivity index (χ0v) is 18.1. The van der Waals surface area contributed by atoms with Crippen LogP contribution in [0.4, 0.5) is 4.39 Å². The van der Waals surface area contributed by atoms with E-state index in [9.17, 15) is 14.0 Å². The van der Waals surface area contributed by atoms with E-state index in [2.05, 4.69) is 4.98 Å². The number of hydrogen-bond donors (Lipinski definition) is 1. The number of halogens is 1. The van der Waals surface area contributed by atoms with Gasteiger partial charge in [-0.3, -0.25) is 4.79 Å². The summed E-state index contributed by atoms with van der Waals surface area (Å²) >= 11 is 1.42. The van der Waals surface area contributed by atoms with Crippen LogP contribution in [0.15, 0.2) is 53.9 Å². The number of aromatic amines is 1. The first kappa shape index (κ1) is 21.0. The van der Waals surface area contributed by atoms with Crippen LogP contribution in [0.25, 0.3) is 22.0 Å². The molecule has 0 unspecified atom stereocenters. The SMILES string of the molecule is CCOC(=O)c1cc2cc(-c3csc(C(=O)CCc4ccc(F)c(C)c4)c3)ccc2[nH]1. The number of carbonyl (C=O) groups excluding carboxylic acids is 2. The lowest BCUT2D eigenvalue weighted by molar-refractivity contribution is 0.0520. The lowest BCUT2D eigenvalue weighted by Gasteiger charge is -2.03. The summed E-state index contributed by atoms with van der Waals surface area (Å²) in [5.41, 5.74) is 4.77. The van der Waals surface area contributed by atoms with Crippen LogP contribution in [0.1, 0.15) is 44.6 Å².